The van der Waals surface area contributed by atoms with Gasteiger partial charge in [-0.2, -0.15) is 0 Å². The van der Waals surface area contributed by atoms with Gasteiger partial charge in [-0.25, -0.2) is 0 Å². The van der Waals surface area contributed by atoms with Crippen molar-refractivity contribution in [2.45, 2.75) is 38.3 Å². The summed E-state index contributed by atoms with van der Waals surface area (Å²) in [6, 6.07) is 6.63. The monoisotopic (exact) mass is 293 g/mol. The minimum atomic E-state index is 0.215. The molecule has 4 nitrogen and oxygen atoms in total. The number of rotatable bonds is 8. The predicted octanol–water partition coefficient (Wildman–Crippen LogP) is 2.71. The Balaban J connectivity index is 2.13. The Bertz CT molecular complexity index is 436. The van der Waals surface area contributed by atoms with Crippen LogP contribution < -0.4 is 10.1 Å². The Kier molecular flexibility index (Phi) is 6.49. The van der Waals surface area contributed by atoms with Crippen LogP contribution in [0.5, 0.6) is 5.75 Å². The highest BCUT2D eigenvalue weighted by molar-refractivity contribution is 5.40. The van der Waals surface area contributed by atoms with E-state index >= 15 is 0 Å². The Morgan fingerprint density at radius 3 is 2.81 bits per heavy atom. The van der Waals surface area contributed by atoms with Crippen molar-refractivity contribution in [1.29, 1.82) is 0 Å². The Morgan fingerprint density at radius 2 is 2.10 bits per heavy atom. The summed E-state index contributed by atoms with van der Waals surface area (Å²) in [5.74, 6) is 0.932. The Morgan fingerprint density at radius 1 is 1.24 bits per heavy atom. The molecule has 1 aromatic rings. The second kappa shape index (κ2) is 8.37. The molecule has 0 saturated heterocycles. The summed E-state index contributed by atoms with van der Waals surface area (Å²) in [6.07, 6.45) is 3.40. The maximum absolute atomic E-state index is 6.03. The maximum atomic E-state index is 6.03. The van der Waals surface area contributed by atoms with Gasteiger partial charge < -0.3 is 19.5 Å². The molecule has 1 aromatic carbocycles. The third-order valence-electron chi connectivity index (χ3n) is 3.99. The summed E-state index contributed by atoms with van der Waals surface area (Å²) in [7, 11) is 3.42. The summed E-state index contributed by atoms with van der Waals surface area (Å²) >= 11 is 0. The van der Waals surface area contributed by atoms with E-state index in [-0.39, 0.29) is 12.1 Å². The molecule has 1 aliphatic carbocycles. The molecule has 2 atom stereocenters. The zero-order valence-corrected chi connectivity index (χ0v) is 13.4. The van der Waals surface area contributed by atoms with Crippen LogP contribution in [0.3, 0.4) is 0 Å². The minimum Gasteiger partial charge on any atom is -0.497 e. The predicted molar refractivity (Wildman–Crippen MR) is 84.0 cm³/mol. The van der Waals surface area contributed by atoms with Crippen LogP contribution in [0, 0.1) is 0 Å². The van der Waals surface area contributed by atoms with Crippen molar-refractivity contribution in [3.63, 3.8) is 0 Å². The number of nitrogens with one attached hydrogen (secondary N) is 1. The zero-order chi connectivity index (χ0) is 15.1. The summed E-state index contributed by atoms with van der Waals surface area (Å²) in [6.45, 7) is 4.48. The summed E-state index contributed by atoms with van der Waals surface area (Å²) in [5, 5.41) is 3.64. The molecule has 0 bridgehead atoms. The van der Waals surface area contributed by atoms with Gasteiger partial charge in [0.1, 0.15) is 5.75 Å². The second-order valence-corrected chi connectivity index (χ2v) is 5.44. The standard InChI is InChI=1S/C17H27NO3/c1-4-9-18-17-15-7-6-14(20-3)12-13(15)5-8-16(17)21-11-10-19-2/h6-7,12,16-18H,4-5,8-11H2,1-3H3. The lowest BCUT2D eigenvalue weighted by atomic mass is 9.85. The molecule has 0 amide bonds. The van der Waals surface area contributed by atoms with E-state index in [9.17, 15) is 0 Å². The van der Waals surface area contributed by atoms with Crippen molar-refractivity contribution in [1.82, 2.24) is 5.32 Å². The fraction of sp³-hybridized carbons (Fsp3) is 0.647. The van der Waals surface area contributed by atoms with E-state index in [1.165, 1.54) is 11.1 Å². The van der Waals surface area contributed by atoms with Gasteiger partial charge in [0.05, 0.1) is 32.5 Å². The molecular formula is C17H27NO3. The van der Waals surface area contributed by atoms with Crippen LogP contribution in [-0.2, 0) is 15.9 Å². The van der Waals surface area contributed by atoms with E-state index in [2.05, 4.69) is 24.4 Å². The smallest absolute Gasteiger partial charge is 0.119 e. The van der Waals surface area contributed by atoms with E-state index in [4.69, 9.17) is 14.2 Å². The first-order valence-corrected chi connectivity index (χ1v) is 7.80. The lowest BCUT2D eigenvalue weighted by Crippen LogP contribution is -2.38. The topological polar surface area (TPSA) is 39.7 Å². The molecule has 21 heavy (non-hydrogen) atoms. The van der Waals surface area contributed by atoms with Gasteiger partial charge in [-0.15, -0.1) is 0 Å². The average molecular weight is 293 g/mol. The van der Waals surface area contributed by atoms with Crippen LogP contribution in [0.4, 0.5) is 0 Å². The second-order valence-electron chi connectivity index (χ2n) is 5.44. The Labute approximate surface area is 127 Å². The van der Waals surface area contributed by atoms with Crippen molar-refractivity contribution >= 4 is 0 Å². The van der Waals surface area contributed by atoms with Gasteiger partial charge in [0.2, 0.25) is 0 Å². The van der Waals surface area contributed by atoms with Gasteiger partial charge in [-0.3, -0.25) is 0 Å². The molecule has 0 spiro atoms. The minimum absolute atomic E-state index is 0.215. The molecule has 4 heteroatoms. The van der Waals surface area contributed by atoms with Crippen LogP contribution >= 0.6 is 0 Å². The van der Waals surface area contributed by atoms with Crippen LogP contribution in [0.25, 0.3) is 0 Å². The number of fused-ring (bicyclic) bond motifs is 1. The number of hydrogen-bond acceptors (Lipinski definition) is 4. The largest absolute Gasteiger partial charge is 0.497 e. The van der Waals surface area contributed by atoms with E-state index in [1.54, 1.807) is 14.2 Å². The Hall–Kier alpha value is -1.10. The summed E-state index contributed by atoms with van der Waals surface area (Å²) in [5.41, 5.74) is 2.72. The highest BCUT2D eigenvalue weighted by Crippen LogP contribution is 2.34. The first kappa shape index (κ1) is 16.3. The van der Waals surface area contributed by atoms with Crippen LogP contribution in [0.1, 0.15) is 36.9 Å². The maximum Gasteiger partial charge on any atom is 0.119 e. The molecule has 0 heterocycles. The SMILES string of the molecule is CCCNC1c2ccc(OC)cc2CCC1OCCOC. The summed E-state index contributed by atoms with van der Waals surface area (Å²) in [4.78, 5) is 0. The molecule has 0 aromatic heterocycles. The van der Waals surface area contributed by atoms with E-state index in [0.29, 0.717) is 13.2 Å². The highest BCUT2D eigenvalue weighted by Gasteiger charge is 2.29. The number of ether oxygens (including phenoxy) is 3. The van der Waals surface area contributed by atoms with Gasteiger partial charge in [-0.1, -0.05) is 13.0 Å². The van der Waals surface area contributed by atoms with Crippen molar-refractivity contribution in [2.75, 3.05) is 34.0 Å². The molecule has 0 saturated carbocycles. The third kappa shape index (κ3) is 4.19. The van der Waals surface area contributed by atoms with E-state index < -0.39 is 0 Å². The van der Waals surface area contributed by atoms with Crippen LogP contribution in [0.2, 0.25) is 0 Å². The molecule has 1 N–H and O–H groups in total. The van der Waals surface area contributed by atoms with Crippen LogP contribution in [0.15, 0.2) is 18.2 Å². The molecule has 118 valence electrons. The normalized spacial score (nSPS) is 21.1. The van der Waals surface area contributed by atoms with Gasteiger partial charge >= 0.3 is 0 Å². The van der Waals surface area contributed by atoms with Gasteiger partial charge in [0.25, 0.3) is 0 Å². The lowest BCUT2D eigenvalue weighted by Gasteiger charge is -2.34. The molecule has 2 unspecified atom stereocenters. The molecule has 0 aliphatic heterocycles. The lowest BCUT2D eigenvalue weighted by molar-refractivity contribution is -0.0101. The van der Waals surface area contributed by atoms with Gasteiger partial charge in [0, 0.05) is 7.11 Å². The number of benzene rings is 1. The number of methoxy groups -OCH3 is 2. The molecule has 1 aliphatic rings. The molecule has 0 fully saturated rings. The van der Waals surface area contributed by atoms with E-state index in [0.717, 1.165) is 31.6 Å². The molecule has 0 radical (unpaired) electrons. The van der Waals surface area contributed by atoms with Crippen LogP contribution in [-0.4, -0.2) is 40.1 Å². The van der Waals surface area contributed by atoms with Crippen molar-refractivity contribution in [2.24, 2.45) is 0 Å². The fourth-order valence-corrected chi connectivity index (χ4v) is 2.90. The zero-order valence-electron chi connectivity index (χ0n) is 13.4. The number of hydrogen-bond donors (Lipinski definition) is 1. The quantitative estimate of drug-likeness (QED) is 0.748. The highest BCUT2D eigenvalue weighted by atomic mass is 16.5. The fourth-order valence-electron chi connectivity index (χ4n) is 2.90. The van der Waals surface area contributed by atoms with Crippen molar-refractivity contribution < 1.29 is 14.2 Å². The molecular weight excluding hydrogens is 266 g/mol. The van der Waals surface area contributed by atoms with Crippen molar-refractivity contribution in [3.05, 3.63) is 29.3 Å². The van der Waals surface area contributed by atoms with Crippen molar-refractivity contribution in [3.8, 4) is 5.75 Å². The first-order valence-electron chi connectivity index (χ1n) is 7.80. The average Bonchev–Trinajstić information content (AvgIpc) is 2.53. The number of aryl methyl sites for hydroxylation is 1. The molecule has 2 rings (SSSR count). The third-order valence-corrected chi connectivity index (χ3v) is 3.99. The van der Waals surface area contributed by atoms with Gasteiger partial charge in [-0.05, 0) is 49.1 Å². The summed E-state index contributed by atoms with van der Waals surface area (Å²) < 4.78 is 16.4. The first-order chi connectivity index (χ1) is 10.3. The van der Waals surface area contributed by atoms with E-state index in [1.807, 2.05) is 6.07 Å². The van der Waals surface area contributed by atoms with Gasteiger partial charge in [0.15, 0.2) is 0 Å².